The maximum absolute atomic E-state index is 10.4. The molecule has 0 saturated heterocycles. The van der Waals surface area contributed by atoms with E-state index in [4.69, 9.17) is 9.47 Å². The van der Waals surface area contributed by atoms with Crippen LogP contribution in [-0.2, 0) is 0 Å². The van der Waals surface area contributed by atoms with E-state index in [0.29, 0.717) is 29.9 Å². The Labute approximate surface area is 108 Å². The van der Waals surface area contributed by atoms with Crippen molar-refractivity contribution in [3.05, 3.63) is 23.8 Å². The number of ether oxygens (including phenoxy) is 2. The van der Waals surface area contributed by atoms with Crippen molar-refractivity contribution < 1.29 is 19.7 Å². The van der Waals surface area contributed by atoms with Crippen LogP contribution in [0.25, 0.3) is 0 Å². The SMILES string of the molecule is CCC(O)(CC)C(O)c1ccc(OC)cc1OC. The van der Waals surface area contributed by atoms with E-state index >= 15 is 0 Å². The van der Waals surface area contributed by atoms with E-state index in [2.05, 4.69) is 0 Å². The number of hydrogen-bond donors (Lipinski definition) is 2. The lowest BCUT2D eigenvalue weighted by Crippen LogP contribution is -2.35. The van der Waals surface area contributed by atoms with Crippen LogP contribution in [0.4, 0.5) is 0 Å². The predicted molar refractivity (Wildman–Crippen MR) is 70.0 cm³/mol. The maximum Gasteiger partial charge on any atom is 0.128 e. The van der Waals surface area contributed by atoms with Crippen LogP contribution in [0.2, 0.25) is 0 Å². The molecule has 1 atom stereocenters. The molecule has 0 aliphatic carbocycles. The lowest BCUT2D eigenvalue weighted by atomic mass is 9.86. The van der Waals surface area contributed by atoms with E-state index in [9.17, 15) is 10.2 Å². The van der Waals surface area contributed by atoms with Crippen LogP contribution >= 0.6 is 0 Å². The molecule has 0 aliphatic heterocycles. The molecular weight excluding hydrogens is 232 g/mol. The number of aliphatic hydroxyl groups excluding tert-OH is 1. The fraction of sp³-hybridized carbons (Fsp3) is 0.571. The van der Waals surface area contributed by atoms with Gasteiger partial charge in [-0.25, -0.2) is 0 Å². The summed E-state index contributed by atoms with van der Waals surface area (Å²) in [6, 6.07) is 5.16. The van der Waals surface area contributed by atoms with E-state index in [1.807, 2.05) is 13.8 Å². The summed E-state index contributed by atoms with van der Waals surface area (Å²) in [4.78, 5) is 0. The van der Waals surface area contributed by atoms with Gasteiger partial charge in [-0.3, -0.25) is 0 Å². The maximum atomic E-state index is 10.4. The van der Waals surface area contributed by atoms with Crippen LogP contribution in [0, 0.1) is 0 Å². The fourth-order valence-electron chi connectivity index (χ4n) is 1.97. The molecule has 18 heavy (non-hydrogen) atoms. The summed E-state index contributed by atoms with van der Waals surface area (Å²) < 4.78 is 10.3. The first-order valence-electron chi connectivity index (χ1n) is 6.14. The molecule has 0 fully saturated rings. The summed E-state index contributed by atoms with van der Waals surface area (Å²) >= 11 is 0. The minimum Gasteiger partial charge on any atom is -0.497 e. The molecule has 0 radical (unpaired) electrons. The minimum atomic E-state index is -1.14. The van der Waals surface area contributed by atoms with Crippen LogP contribution in [0.5, 0.6) is 11.5 Å². The van der Waals surface area contributed by atoms with Crippen molar-refractivity contribution in [2.45, 2.75) is 38.4 Å². The highest BCUT2D eigenvalue weighted by molar-refractivity contribution is 5.42. The second kappa shape index (κ2) is 6.07. The van der Waals surface area contributed by atoms with Gasteiger partial charge in [0.05, 0.1) is 19.8 Å². The van der Waals surface area contributed by atoms with Crippen molar-refractivity contribution in [3.8, 4) is 11.5 Å². The Morgan fingerprint density at radius 2 is 1.78 bits per heavy atom. The molecule has 1 aromatic carbocycles. The van der Waals surface area contributed by atoms with Gasteiger partial charge in [0.1, 0.15) is 17.6 Å². The Morgan fingerprint density at radius 1 is 1.17 bits per heavy atom. The fourth-order valence-corrected chi connectivity index (χ4v) is 1.97. The average molecular weight is 254 g/mol. The summed E-state index contributed by atoms with van der Waals surface area (Å²) in [6.45, 7) is 3.70. The standard InChI is InChI=1S/C14H22O4/c1-5-14(16,6-2)13(15)11-8-7-10(17-3)9-12(11)18-4/h7-9,13,15-16H,5-6H2,1-4H3. The molecule has 0 bridgehead atoms. The van der Waals surface area contributed by atoms with E-state index in [-0.39, 0.29) is 0 Å². The van der Waals surface area contributed by atoms with Crippen LogP contribution in [0.3, 0.4) is 0 Å². The number of benzene rings is 1. The predicted octanol–water partition coefficient (Wildman–Crippen LogP) is 2.29. The molecule has 102 valence electrons. The van der Waals surface area contributed by atoms with Crippen LogP contribution in [0.1, 0.15) is 38.4 Å². The summed E-state index contributed by atoms with van der Waals surface area (Å²) in [5.41, 5.74) is -0.563. The monoisotopic (exact) mass is 254 g/mol. The largest absolute Gasteiger partial charge is 0.497 e. The molecule has 1 unspecified atom stereocenters. The number of methoxy groups -OCH3 is 2. The van der Waals surface area contributed by atoms with Gasteiger partial charge in [0.25, 0.3) is 0 Å². The number of hydrogen-bond acceptors (Lipinski definition) is 4. The zero-order chi connectivity index (χ0) is 13.8. The van der Waals surface area contributed by atoms with E-state index in [1.54, 1.807) is 25.3 Å². The Morgan fingerprint density at radius 3 is 2.22 bits per heavy atom. The molecule has 0 aromatic heterocycles. The van der Waals surface area contributed by atoms with Gasteiger partial charge in [0.2, 0.25) is 0 Å². The third kappa shape index (κ3) is 2.76. The van der Waals surface area contributed by atoms with Gasteiger partial charge in [-0.1, -0.05) is 13.8 Å². The molecule has 0 amide bonds. The Kier molecular flexibility index (Phi) is 4.99. The molecule has 1 aromatic rings. The molecule has 0 saturated carbocycles. The molecule has 0 spiro atoms. The molecule has 4 nitrogen and oxygen atoms in total. The molecule has 1 rings (SSSR count). The topological polar surface area (TPSA) is 58.9 Å². The molecule has 4 heteroatoms. The van der Waals surface area contributed by atoms with Gasteiger partial charge in [-0.05, 0) is 25.0 Å². The van der Waals surface area contributed by atoms with Gasteiger partial charge in [-0.15, -0.1) is 0 Å². The molecule has 0 aliphatic rings. The number of aliphatic hydroxyl groups is 2. The Bertz CT molecular complexity index is 385. The minimum absolute atomic E-state index is 0.472. The first-order valence-corrected chi connectivity index (χ1v) is 6.14. The van der Waals surface area contributed by atoms with Crippen LogP contribution in [-0.4, -0.2) is 30.0 Å². The van der Waals surface area contributed by atoms with Crippen molar-refractivity contribution in [2.75, 3.05) is 14.2 Å². The second-order valence-corrected chi connectivity index (χ2v) is 4.32. The molecule has 2 N–H and O–H groups in total. The third-order valence-corrected chi connectivity index (χ3v) is 3.47. The normalized spacial score (nSPS) is 13.2. The van der Waals surface area contributed by atoms with Crippen molar-refractivity contribution in [1.29, 1.82) is 0 Å². The highest BCUT2D eigenvalue weighted by atomic mass is 16.5. The quantitative estimate of drug-likeness (QED) is 0.817. The van der Waals surface area contributed by atoms with Crippen molar-refractivity contribution in [1.82, 2.24) is 0 Å². The van der Waals surface area contributed by atoms with Gasteiger partial charge in [0.15, 0.2) is 0 Å². The average Bonchev–Trinajstić information content (AvgIpc) is 2.44. The summed E-state index contributed by atoms with van der Waals surface area (Å²) in [7, 11) is 3.10. The van der Waals surface area contributed by atoms with Crippen LogP contribution in [0.15, 0.2) is 18.2 Å². The van der Waals surface area contributed by atoms with Gasteiger partial charge < -0.3 is 19.7 Å². The van der Waals surface area contributed by atoms with Gasteiger partial charge in [-0.2, -0.15) is 0 Å². The zero-order valence-electron chi connectivity index (χ0n) is 11.4. The third-order valence-electron chi connectivity index (χ3n) is 3.47. The van der Waals surface area contributed by atoms with Crippen molar-refractivity contribution in [2.24, 2.45) is 0 Å². The van der Waals surface area contributed by atoms with E-state index in [0.717, 1.165) is 0 Å². The summed E-state index contributed by atoms with van der Waals surface area (Å²) in [5, 5.41) is 20.7. The lowest BCUT2D eigenvalue weighted by Gasteiger charge is -2.32. The first kappa shape index (κ1) is 14.8. The highest BCUT2D eigenvalue weighted by Crippen LogP contribution is 2.37. The first-order chi connectivity index (χ1) is 8.52. The smallest absolute Gasteiger partial charge is 0.128 e. The highest BCUT2D eigenvalue weighted by Gasteiger charge is 2.34. The van der Waals surface area contributed by atoms with Gasteiger partial charge in [0, 0.05) is 11.6 Å². The zero-order valence-corrected chi connectivity index (χ0v) is 11.4. The van der Waals surface area contributed by atoms with E-state index < -0.39 is 11.7 Å². The lowest BCUT2D eigenvalue weighted by molar-refractivity contribution is -0.0828. The van der Waals surface area contributed by atoms with Crippen molar-refractivity contribution in [3.63, 3.8) is 0 Å². The molecule has 0 heterocycles. The van der Waals surface area contributed by atoms with Gasteiger partial charge >= 0.3 is 0 Å². The summed E-state index contributed by atoms with van der Waals surface area (Å²) in [6.07, 6.45) is -0.0342. The van der Waals surface area contributed by atoms with Crippen molar-refractivity contribution >= 4 is 0 Å². The second-order valence-electron chi connectivity index (χ2n) is 4.32. The Balaban J connectivity index is 3.16. The molecular formula is C14H22O4. The summed E-state index contributed by atoms with van der Waals surface area (Å²) in [5.74, 6) is 1.17. The van der Waals surface area contributed by atoms with E-state index in [1.165, 1.54) is 7.11 Å². The Hall–Kier alpha value is -1.26. The number of rotatable bonds is 6. The van der Waals surface area contributed by atoms with Crippen LogP contribution < -0.4 is 9.47 Å².